The van der Waals surface area contributed by atoms with Gasteiger partial charge in [-0.05, 0) is 50.4 Å². The van der Waals surface area contributed by atoms with Crippen LogP contribution in [0.4, 0.5) is 0 Å². The van der Waals surface area contributed by atoms with Crippen molar-refractivity contribution < 1.29 is 19.1 Å². The van der Waals surface area contributed by atoms with Crippen molar-refractivity contribution in [2.75, 3.05) is 13.2 Å². The molecule has 1 saturated carbocycles. The third-order valence-electron chi connectivity index (χ3n) is 5.73. The lowest BCUT2D eigenvalue weighted by Crippen LogP contribution is -2.28. The van der Waals surface area contributed by atoms with Crippen molar-refractivity contribution in [3.63, 3.8) is 0 Å². The fourth-order valence-electron chi connectivity index (χ4n) is 3.81. The normalized spacial score (nSPS) is 19.8. The molecule has 0 atom stereocenters. The van der Waals surface area contributed by atoms with Crippen LogP contribution in [0.25, 0.3) is 0 Å². The van der Waals surface area contributed by atoms with Gasteiger partial charge in [0.05, 0.1) is 25.0 Å². The van der Waals surface area contributed by atoms with Crippen LogP contribution in [0.3, 0.4) is 0 Å². The van der Waals surface area contributed by atoms with Crippen LogP contribution in [0.2, 0.25) is 0 Å². The van der Waals surface area contributed by atoms with Crippen LogP contribution in [0.5, 0.6) is 0 Å². The number of unbranched alkanes of at least 4 members (excludes halogenated alkanes) is 4. The van der Waals surface area contributed by atoms with Gasteiger partial charge in [0.1, 0.15) is 0 Å². The Balaban J connectivity index is 2.07. The molecular weight excluding hydrogens is 352 g/mol. The first-order chi connectivity index (χ1) is 13.4. The molecule has 4 heteroatoms. The first-order valence-electron chi connectivity index (χ1n) is 11.7. The molecule has 0 bridgehead atoms. The van der Waals surface area contributed by atoms with E-state index >= 15 is 0 Å². The Kier molecular flexibility index (Phi) is 13.3. The number of ether oxygens (including phenoxy) is 2. The molecule has 1 rings (SSSR count). The molecule has 0 spiro atoms. The van der Waals surface area contributed by atoms with Crippen LogP contribution in [0, 0.1) is 23.7 Å². The predicted octanol–water partition coefficient (Wildman–Crippen LogP) is 6.31. The van der Waals surface area contributed by atoms with Gasteiger partial charge in [-0.3, -0.25) is 9.59 Å². The van der Waals surface area contributed by atoms with Gasteiger partial charge < -0.3 is 9.47 Å². The molecule has 0 N–H and O–H groups in total. The lowest BCUT2D eigenvalue weighted by atomic mass is 9.82. The third-order valence-corrected chi connectivity index (χ3v) is 5.73. The van der Waals surface area contributed by atoms with Gasteiger partial charge in [-0.2, -0.15) is 0 Å². The molecule has 1 aliphatic carbocycles. The Bertz CT molecular complexity index is 382. The molecule has 0 amide bonds. The van der Waals surface area contributed by atoms with E-state index in [-0.39, 0.29) is 23.8 Å². The summed E-state index contributed by atoms with van der Waals surface area (Å²) in [6.07, 6.45) is 12.1. The van der Waals surface area contributed by atoms with Crippen molar-refractivity contribution in [3.05, 3.63) is 0 Å². The summed E-state index contributed by atoms with van der Waals surface area (Å²) in [5.74, 6) is 1.29. The molecule has 0 radical (unpaired) electrons. The topological polar surface area (TPSA) is 52.6 Å². The van der Waals surface area contributed by atoms with E-state index in [4.69, 9.17) is 9.47 Å². The summed E-state index contributed by atoms with van der Waals surface area (Å²) in [4.78, 5) is 24.4. The molecule has 1 aliphatic rings. The van der Waals surface area contributed by atoms with Gasteiger partial charge in [-0.15, -0.1) is 0 Å². The van der Waals surface area contributed by atoms with Crippen molar-refractivity contribution in [1.82, 2.24) is 0 Å². The molecule has 1 fully saturated rings. The van der Waals surface area contributed by atoms with E-state index in [9.17, 15) is 9.59 Å². The fourth-order valence-corrected chi connectivity index (χ4v) is 3.81. The maximum absolute atomic E-state index is 12.2. The molecule has 0 unspecified atom stereocenters. The lowest BCUT2D eigenvalue weighted by Gasteiger charge is -2.26. The van der Waals surface area contributed by atoms with Crippen molar-refractivity contribution in [2.24, 2.45) is 23.7 Å². The minimum absolute atomic E-state index is 0.0317. The summed E-state index contributed by atoms with van der Waals surface area (Å²) in [7, 11) is 0. The van der Waals surface area contributed by atoms with Crippen LogP contribution < -0.4 is 0 Å². The quantitative estimate of drug-likeness (QED) is 0.255. The molecule has 0 aliphatic heterocycles. The predicted molar refractivity (Wildman–Crippen MR) is 114 cm³/mol. The molecule has 0 aromatic rings. The minimum atomic E-state index is -0.0687. The maximum Gasteiger partial charge on any atom is 0.308 e. The Morgan fingerprint density at radius 2 is 1.00 bits per heavy atom. The first kappa shape index (κ1) is 25.0. The van der Waals surface area contributed by atoms with E-state index < -0.39 is 0 Å². The van der Waals surface area contributed by atoms with Gasteiger partial charge in [0.25, 0.3) is 0 Å². The van der Waals surface area contributed by atoms with E-state index in [2.05, 4.69) is 27.7 Å². The van der Waals surface area contributed by atoms with E-state index in [1.165, 1.54) is 25.7 Å². The second kappa shape index (κ2) is 14.9. The largest absolute Gasteiger partial charge is 0.465 e. The van der Waals surface area contributed by atoms with Crippen molar-refractivity contribution in [2.45, 2.75) is 105 Å². The van der Waals surface area contributed by atoms with Crippen LogP contribution >= 0.6 is 0 Å². The van der Waals surface area contributed by atoms with Crippen LogP contribution in [0.1, 0.15) is 105 Å². The average molecular weight is 397 g/mol. The Labute approximate surface area is 173 Å². The lowest BCUT2D eigenvalue weighted by molar-refractivity contribution is -0.155. The van der Waals surface area contributed by atoms with Gasteiger partial charge in [0.2, 0.25) is 0 Å². The highest BCUT2D eigenvalue weighted by atomic mass is 16.5. The van der Waals surface area contributed by atoms with Gasteiger partial charge in [0.15, 0.2) is 0 Å². The van der Waals surface area contributed by atoms with E-state index in [1.807, 2.05) is 0 Å². The molecule has 28 heavy (non-hydrogen) atoms. The summed E-state index contributed by atoms with van der Waals surface area (Å²) < 4.78 is 10.9. The highest BCUT2D eigenvalue weighted by molar-refractivity contribution is 5.75. The highest BCUT2D eigenvalue weighted by Gasteiger charge is 2.31. The first-order valence-corrected chi connectivity index (χ1v) is 11.7. The Morgan fingerprint density at radius 1 is 0.643 bits per heavy atom. The molecular formula is C24H44O4. The zero-order valence-corrected chi connectivity index (χ0v) is 18.8. The summed E-state index contributed by atoms with van der Waals surface area (Å²) in [5, 5.41) is 0. The Morgan fingerprint density at radius 3 is 1.32 bits per heavy atom. The number of hydrogen-bond acceptors (Lipinski definition) is 4. The monoisotopic (exact) mass is 396 g/mol. The minimum Gasteiger partial charge on any atom is -0.465 e. The third kappa shape index (κ3) is 11.7. The number of carbonyl (C=O) groups is 2. The van der Waals surface area contributed by atoms with Gasteiger partial charge in [-0.1, -0.05) is 66.2 Å². The van der Waals surface area contributed by atoms with Crippen molar-refractivity contribution in [3.8, 4) is 0 Å². The number of rotatable bonds is 14. The van der Waals surface area contributed by atoms with Gasteiger partial charge >= 0.3 is 11.9 Å². The zero-order chi connectivity index (χ0) is 20.8. The average Bonchev–Trinajstić information content (AvgIpc) is 2.66. The summed E-state index contributed by atoms with van der Waals surface area (Å²) in [6, 6.07) is 0. The molecule has 4 nitrogen and oxygen atoms in total. The second-order valence-electron chi connectivity index (χ2n) is 9.37. The molecule has 0 saturated heterocycles. The second-order valence-corrected chi connectivity index (χ2v) is 9.37. The number of esters is 2. The molecule has 164 valence electrons. The van der Waals surface area contributed by atoms with E-state index in [0.717, 1.165) is 63.2 Å². The summed E-state index contributed by atoms with van der Waals surface area (Å²) in [5.41, 5.74) is 0. The number of hydrogen-bond donors (Lipinski definition) is 0. The van der Waals surface area contributed by atoms with Crippen LogP contribution in [-0.4, -0.2) is 25.2 Å². The van der Waals surface area contributed by atoms with Crippen molar-refractivity contribution >= 4 is 11.9 Å². The molecule has 0 aromatic carbocycles. The van der Waals surface area contributed by atoms with Gasteiger partial charge in [0, 0.05) is 0 Å². The summed E-state index contributed by atoms with van der Waals surface area (Å²) >= 11 is 0. The van der Waals surface area contributed by atoms with Crippen LogP contribution in [0.15, 0.2) is 0 Å². The molecule has 0 heterocycles. The zero-order valence-electron chi connectivity index (χ0n) is 18.8. The van der Waals surface area contributed by atoms with E-state index in [0.29, 0.717) is 13.2 Å². The Hall–Kier alpha value is -1.06. The molecule has 0 aromatic heterocycles. The van der Waals surface area contributed by atoms with Gasteiger partial charge in [-0.25, -0.2) is 0 Å². The fraction of sp³-hybridized carbons (Fsp3) is 0.917. The van der Waals surface area contributed by atoms with Crippen molar-refractivity contribution in [1.29, 1.82) is 0 Å². The number of carbonyl (C=O) groups excluding carboxylic acids is 2. The summed E-state index contributed by atoms with van der Waals surface area (Å²) in [6.45, 7) is 10.0. The maximum atomic E-state index is 12.2. The standard InChI is InChI=1S/C24H44O4/c1-19(2)11-7-5-9-17-27-23(25)21-13-15-22(16-14-21)24(26)28-18-10-6-8-12-20(3)4/h19-22H,5-18H2,1-4H3. The van der Waals surface area contributed by atoms with E-state index in [1.54, 1.807) is 0 Å². The SMILES string of the molecule is CC(C)CCCCCOC(=O)C1CCC(C(=O)OCCCCCC(C)C)CC1. The smallest absolute Gasteiger partial charge is 0.308 e. The van der Waals surface area contributed by atoms with Crippen LogP contribution in [-0.2, 0) is 19.1 Å². The highest BCUT2D eigenvalue weighted by Crippen LogP contribution is 2.30.